The first kappa shape index (κ1) is 13.2. The zero-order chi connectivity index (χ0) is 11.0. The van der Waals surface area contributed by atoms with Crippen molar-refractivity contribution in [3.8, 4) is 0 Å². The standard InChI is InChI=1S/C11H20O3/c1-3-4-10(7-8-12)5-6-11(14)9(2)13/h5-6,9,12-14H,3-4,7-8H2,1-2H3/b10-5+,11-6+. The topological polar surface area (TPSA) is 60.7 Å². The van der Waals surface area contributed by atoms with Crippen molar-refractivity contribution in [1.82, 2.24) is 0 Å². The molecule has 0 aliphatic rings. The molecule has 1 atom stereocenters. The molecule has 0 bridgehead atoms. The van der Waals surface area contributed by atoms with E-state index >= 15 is 0 Å². The van der Waals surface area contributed by atoms with Gasteiger partial charge in [0.05, 0.1) is 0 Å². The van der Waals surface area contributed by atoms with Gasteiger partial charge >= 0.3 is 0 Å². The van der Waals surface area contributed by atoms with Crippen molar-refractivity contribution < 1.29 is 15.3 Å². The zero-order valence-electron chi connectivity index (χ0n) is 8.90. The molecule has 1 unspecified atom stereocenters. The fourth-order valence-electron chi connectivity index (χ4n) is 1.10. The Balaban J connectivity index is 4.33. The van der Waals surface area contributed by atoms with Gasteiger partial charge in [0.1, 0.15) is 11.9 Å². The van der Waals surface area contributed by atoms with Crippen molar-refractivity contribution in [2.45, 2.75) is 39.2 Å². The van der Waals surface area contributed by atoms with Gasteiger partial charge < -0.3 is 15.3 Å². The van der Waals surface area contributed by atoms with Gasteiger partial charge in [-0.05, 0) is 25.8 Å². The summed E-state index contributed by atoms with van der Waals surface area (Å²) in [6.07, 6.45) is 4.97. The Morgan fingerprint density at radius 3 is 2.36 bits per heavy atom. The fraction of sp³-hybridized carbons (Fsp3) is 0.636. The summed E-state index contributed by atoms with van der Waals surface area (Å²) in [5.41, 5.74) is 1.09. The molecule has 0 aliphatic heterocycles. The Labute approximate surface area is 85.4 Å². The highest BCUT2D eigenvalue weighted by atomic mass is 16.3. The molecule has 0 rings (SSSR count). The summed E-state index contributed by atoms with van der Waals surface area (Å²) in [6.45, 7) is 3.68. The van der Waals surface area contributed by atoms with Gasteiger partial charge in [-0.2, -0.15) is 0 Å². The molecule has 0 aromatic rings. The van der Waals surface area contributed by atoms with E-state index in [1.165, 1.54) is 13.0 Å². The molecule has 0 aromatic heterocycles. The second kappa shape index (κ2) is 7.59. The summed E-state index contributed by atoms with van der Waals surface area (Å²) in [4.78, 5) is 0. The number of aliphatic hydroxyl groups is 3. The van der Waals surface area contributed by atoms with Crippen molar-refractivity contribution in [3.63, 3.8) is 0 Å². The van der Waals surface area contributed by atoms with Crippen LogP contribution in [-0.2, 0) is 0 Å². The molecule has 3 nitrogen and oxygen atoms in total. The van der Waals surface area contributed by atoms with Crippen LogP contribution in [-0.4, -0.2) is 28.0 Å². The van der Waals surface area contributed by atoms with Crippen LogP contribution in [0.3, 0.4) is 0 Å². The predicted octanol–water partition coefficient (Wildman–Crippen LogP) is 1.92. The van der Waals surface area contributed by atoms with Gasteiger partial charge in [-0.25, -0.2) is 0 Å². The van der Waals surface area contributed by atoms with Gasteiger partial charge in [0.2, 0.25) is 0 Å². The van der Waals surface area contributed by atoms with Gasteiger partial charge in [-0.1, -0.05) is 25.0 Å². The predicted molar refractivity (Wildman–Crippen MR) is 57.1 cm³/mol. The molecular formula is C11H20O3. The van der Waals surface area contributed by atoms with Gasteiger partial charge in [0, 0.05) is 6.61 Å². The normalized spacial score (nSPS) is 15.7. The van der Waals surface area contributed by atoms with Crippen LogP contribution in [0.5, 0.6) is 0 Å². The summed E-state index contributed by atoms with van der Waals surface area (Å²) in [5.74, 6) is -0.0449. The van der Waals surface area contributed by atoms with Crippen molar-refractivity contribution >= 4 is 0 Å². The van der Waals surface area contributed by atoms with Crippen LogP contribution in [0.1, 0.15) is 33.1 Å². The molecular weight excluding hydrogens is 180 g/mol. The smallest absolute Gasteiger partial charge is 0.120 e. The van der Waals surface area contributed by atoms with E-state index in [4.69, 9.17) is 10.2 Å². The molecule has 0 fully saturated rings. The summed E-state index contributed by atoms with van der Waals surface area (Å²) in [5, 5.41) is 27.0. The van der Waals surface area contributed by atoms with Crippen LogP contribution in [0.2, 0.25) is 0 Å². The van der Waals surface area contributed by atoms with E-state index in [1.807, 2.05) is 0 Å². The van der Waals surface area contributed by atoms with Crippen LogP contribution in [0.25, 0.3) is 0 Å². The third-order valence-electron chi connectivity index (χ3n) is 1.92. The molecule has 0 spiro atoms. The molecule has 3 N–H and O–H groups in total. The Bertz CT molecular complexity index is 197. The highest BCUT2D eigenvalue weighted by Gasteiger charge is 2.00. The molecule has 0 aromatic carbocycles. The first-order chi connectivity index (χ1) is 6.61. The van der Waals surface area contributed by atoms with Crippen LogP contribution < -0.4 is 0 Å². The number of hydrogen-bond acceptors (Lipinski definition) is 3. The highest BCUT2D eigenvalue weighted by molar-refractivity contribution is 5.16. The van der Waals surface area contributed by atoms with Crippen LogP contribution in [0.4, 0.5) is 0 Å². The SMILES string of the molecule is CCC/C(=C\C=C(\O)C(C)O)CCO. The number of aliphatic hydroxyl groups excluding tert-OH is 3. The lowest BCUT2D eigenvalue weighted by molar-refractivity contribution is 0.170. The average molecular weight is 200 g/mol. The van der Waals surface area contributed by atoms with Crippen molar-refractivity contribution in [1.29, 1.82) is 0 Å². The molecule has 14 heavy (non-hydrogen) atoms. The van der Waals surface area contributed by atoms with Crippen molar-refractivity contribution in [2.24, 2.45) is 0 Å². The molecule has 3 heteroatoms. The van der Waals surface area contributed by atoms with Gasteiger partial charge in [-0.3, -0.25) is 0 Å². The monoisotopic (exact) mass is 200 g/mol. The van der Waals surface area contributed by atoms with E-state index in [9.17, 15) is 5.11 Å². The van der Waals surface area contributed by atoms with E-state index in [-0.39, 0.29) is 12.4 Å². The second-order valence-corrected chi connectivity index (χ2v) is 3.32. The minimum absolute atomic E-state index is 0.0449. The number of hydrogen-bond donors (Lipinski definition) is 3. The van der Waals surface area contributed by atoms with Crippen molar-refractivity contribution in [3.05, 3.63) is 23.5 Å². The van der Waals surface area contributed by atoms with Gasteiger partial charge in [0.25, 0.3) is 0 Å². The number of allylic oxidation sites excluding steroid dienone is 2. The lowest BCUT2D eigenvalue weighted by atomic mass is 10.1. The quantitative estimate of drug-likeness (QED) is 0.453. The Hall–Kier alpha value is -0.800. The lowest BCUT2D eigenvalue weighted by Crippen LogP contribution is -2.02. The summed E-state index contributed by atoms with van der Waals surface area (Å²) >= 11 is 0. The summed E-state index contributed by atoms with van der Waals surface area (Å²) in [7, 11) is 0. The maximum Gasteiger partial charge on any atom is 0.120 e. The highest BCUT2D eigenvalue weighted by Crippen LogP contribution is 2.10. The molecule has 0 amide bonds. The molecule has 82 valence electrons. The van der Waals surface area contributed by atoms with Gasteiger partial charge in [0.15, 0.2) is 0 Å². The minimum atomic E-state index is -0.830. The first-order valence-corrected chi connectivity index (χ1v) is 4.99. The Kier molecular flexibility index (Phi) is 7.16. The first-order valence-electron chi connectivity index (χ1n) is 4.99. The van der Waals surface area contributed by atoms with Crippen LogP contribution in [0.15, 0.2) is 23.5 Å². The van der Waals surface area contributed by atoms with E-state index in [0.29, 0.717) is 6.42 Å². The zero-order valence-corrected chi connectivity index (χ0v) is 8.90. The molecule has 0 saturated heterocycles. The molecule has 0 heterocycles. The van der Waals surface area contributed by atoms with E-state index in [0.717, 1.165) is 18.4 Å². The summed E-state index contributed by atoms with van der Waals surface area (Å²) < 4.78 is 0. The lowest BCUT2D eigenvalue weighted by Gasteiger charge is -2.03. The van der Waals surface area contributed by atoms with E-state index < -0.39 is 6.10 Å². The van der Waals surface area contributed by atoms with Gasteiger partial charge in [-0.15, -0.1) is 0 Å². The number of rotatable bonds is 6. The average Bonchev–Trinajstić information content (AvgIpc) is 2.14. The summed E-state index contributed by atoms with van der Waals surface area (Å²) in [6, 6.07) is 0. The maximum absolute atomic E-state index is 9.22. The van der Waals surface area contributed by atoms with Crippen LogP contribution in [0, 0.1) is 0 Å². The van der Waals surface area contributed by atoms with Crippen LogP contribution >= 0.6 is 0 Å². The third kappa shape index (κ3) is 5.78. The Morgan fingerprint density at radius 1 is 1.29 bits per heavy atom. The molecule has 0 aliphatic carbocycles. The minimum Gasteiger partial charge on any atom is -0.510 e. The fourth-order valence-corrected chi connectivity index (χ4v) is 1.10. The second-order valence-electron chi connectivity index (χ2n) is 3.32. The molecule has 0 saturated carbocycles. The van der Waals surface area contributed by atoms with Crippen molar-refractivity contribution in [2.75, 3.05) is 6.61 Å². The van der Waals surface area contributed by atoms with E-state index in [1.54, 1.807) is 6.08 Å². The third-order valence-corrected chi connectivity index (χ3v) is 1.92. The largest absolute Gasteiger partial charge is 0.510 e. The maximum atomic E-state index is 9.22. The Morgan fingerprint density at radius 2 is 1.93 bits per heavy atom. The molecule has 0 radical (unpaired) electrons. The van der Waals surface area contributed by atoms with E-state index in [2.05, 4.69) is 6.92 Å².